The number of benzene rings is 1. The number of halogens is 3. The van der Waals surface area contributed by atoms with Gasteiger partial charge in [-0.2, -0.15) is 24.2 Å². The van der Waals surface area contributed by atoms with Crippen LogP contribution in [-0.4, -0.2) is 50.8 Å². The first-order valence-corrected chi connectivity index (χ1v) is 11.7. The van der Waals surface area contributed by atoms with Gasteiger partial charge in [0.05, 0.1) is 29.0 Å². The topological polar surface area (TPSA) is 144 Å². The van der Waals surface area contributed by atoms with E-state index in [4.69, 9.17) is 5.26 Å². The minimum atomic E-state index is -4.46. The molecule has 0 saturated heterocycles. The van der Waals surface area contributed by atoms with Gasteiger partial charge in [-0.15, -0.1) is 0 Å². The number of nitrogens with one attached hydrogen (secondary N) is 1. The van der Waals surface area contributed by atoms with Crippen molar-refractivity contribution in [3.05, 3.63) is 54.6 Å². The summed E-state index contributed by atoms with van der Waals surface area (Å²) in [6.45, 7) is -2.75. The number of alkyl halides is 3. The summed E-state index contributed by atoms with van der Waals surface area (Å²) >= 11 is 0. The summed E-state index contributed by atoms with van der Waals surface area (Å²) in [4.78, 5) is 16.6. The van der Waals surface area contributed by atoms with Gasteiger partial charge in [-0.25, -0.2) is 22.3 Å². The Bertz CT molecular complexity index is 1590. The molecule has 0 spiro atoms. The fourth-order valence-corrected chi connectivity index (χ4v) is 4.21. The summed E-state index contributed by atoms with van der Waals surface area (Å²) in [5.41, 5.74) is -2.52. The van der Waals surface area contributed by atoms with E-state index in [0.29, 0.717) is 0 Å². The van der Waals surface area contributed by atoms with E-state index in [1.54, 1.807) is 12.3 Å². The Balaban J connectivity index is 1.84. The molecular formula is C21H16F3N7O4S. The van der Waals surface area contributed by atoms with Crippen molar-refractivity contribution in [2.24, 2.45) is 0 Å². The van der Waals surface area contributed by atoms with E-state index in [0.717, 1.165) is 29.8 Å². The lowest BCUT2D eigenvalue weighted by molar-refractivity contribution is -0.0494. The van der Waals surface area contributed by atoms with Gasteiger partial charge in [-0.3, -0.25) is 9.48 Å². The Morgan fingerprint density at radius 1 is 1.31 bits per heavy atom. The predicted octanol–water partition coefficient (Wildman–Crippen LogP) is 3.06. The maximum Gasteiger partial charge on any atom is 0.387 e. The highest BCUT2D eigenvalue weighted by molar-refractivity contribution is 7.91. The fraction of sp³-hybridized carbons (Fsp3) is 0.190. The normalized spacial score (nSPS) is 12.4. The largest absolute Gasteiger partial charge is 0.434 e. The van der Waals surface area contributed by atoms with Crippen LogP contribution in [0.15, 0.2) is 53.9 Å². The van der Waals surface area contributed by atoms with E-state index in [2.05, 4.69) is 25.2 Å². The Morgan fingerprint density at radius 2 is 2.08 bits per heavy atom. The highest BCUT2D eigenvalue weighted by Gasteiger charge is 2.27. The van der Waals surface area contributed by atoms with Crippen molar-refractivity contribution >= 4 is 27.1 Å². The molecule has 36 heavy (non-hydrogen) atoms. The maximum atomic E-state index is 13.8. The van der Waals surface area contributed by atoms with E-state index in [-0.39, 0.29) is 34.7 Å². The molecule has 4 aromatic rings. The zero-order valence-corrected chi connectivity index (χ0v) is 19.2. The third-order valence-corrected chi connectivity index (χ3v) is 6.71. The van der Waals surface area contributed by atoms with Crippen LogP contribution < -0.4 is 10.1 Å². The molecule has 1 aromatic carbocycles. The fourth-order valence-electron chi connectivity index (χ4n) is 3.30. The van der Waals surface area contributed by atoms with Crippen LogP contribution in [0.25, 0.3) is 16.9 Å². The quantitative estimate of drug-likeness (QED) is 0.374. The number of hydrogen-bond donors (Lipinski definition) is 1. The van der Waals surface area contributed by atoms with Gasteiger partial charge in [0.2, 0.25) is 15.3 Å². The van der Waals surface area contributed by atoms with Crippen LogP contribution in [0.3, 0.4) is 0 Å². The van der Waals surface area contributed by atoms with Crippen LogP contribution in [0.4, 0.5) is 18.9 Å². The standard InChI is InChI=1S/C21H16F3N7O4S/c1-12(22)36(33,34)13-3-4-17(35-21(23)24)14(9-13)18-16(11-30(29-18)8-5-25)28-20(32)15-10-27-31-7-2-6-26-19(15)31/h2-4,6-7,9-12,21H,8H2,1H3,(H,28,32). The summed E-state index contributed by atoms with van der Waals surface area (Å²) in [6, 6.07) is 6.21. The second-order valence-corrected chi connectivity index (χ2v) is 9.48. The SMILES string of the molecule is CC(F)S(=O)(=O)c1ccc(OC(F)F)c(-c2nn(CC#N)cc2NC(=O)c2cnn3cccnc23)c1. The molecule has 0 radical (unpaired) electrons. The van der Waals surface area contributed by atoms with Crippen LogP contribution >= 0.6 is 0 Å². The number of hydrogen-bond acceptors (Lipinski definition) is 8. The highest BCUT2D eigenvalue weighted by atomic mass is 32.2. The monoisotopic (exact) mass is 519 g/mol. The van der Waals surface area contributed by atoms with E-state index < -0.39 is 38.5 Å². The maximum absolute atomic E-state index is 13.8. The lowest BCUT2D eigenvalue weighted by atomic mass is 10.1. The molecule has 1 amide bonds. The lowest BCUT2D eigenvalue weighted by Crippen LogP contribution is -2.14. The number of carbonyl (C=O) groups is 1. The average Bonchev–Trinajstić information content (AvgIpc) is 3.43. The Hall–Kier alpha value is -4.45. The minimum absolute atomic E-state index is 0.0625. The number of carbonyl (C=O) groups excluding carboxylic acids is 1. The smallest absolute Gasteiger partial charge is 0.387 e. The molecule has 3 aromatic heterocycles. The van der Waals surface area contributed by atoms with Gasteiger partial charge in [-0.1, -0.05) is 0 Å². The Kier molecular flexibility index (Phi) is 6.62. The first-order valence-electron chi connectivity index (χ1n) is 10.1. The number of nitriles is 1. The van der Waals surface area contributed by atoms with Gasteiger partial charge in [0.25, 0.3) is 5.91 Å². The van der Waals surface area contributed by atoms with Crippen LogP contribution in [-0.2, 0) is 16.4 Å². The van der Waals surface area contributed by atoms with Gasteiger partial charge in [-0.05, 0) is 31.2 Å². The third kappa shape index (κ3) is 4.70. The van der Waals surface area contributed by atoms with Crippen LogP contribution in [0, 0.1) is 11.3 Å². The van der Waals surface area contributed by atoms with E-state index in [9.17, 15) is 26.4 Å². The molecular weight excluding hydrogens is 503 g/mol. The molecule has 0 aliphatic rings. The summed E-state index contributed by atoms with van der Waals surface area (Å²) in [6.07, 6.45) is 5.54. The molecule has 1 atom stereocenters. The molecule has 0 fully saturated rings. The number of nitrogens with zero attached hydrogens (tertiary/aromatic N) is 6. The molecule has 4 rings (SSSR count). The zero-order valence-electron chi connectivity index (χ0n) is 18.3. The minimum Gasteiger partial charge on any atom is -0.434 e. The number of sulfone groups is 1. The lowest BCUT2D eigenvalue weighted by Gasteiger charge is -2.13. The molecule has 186 valence electrons. The number of aromatic nitrogens is 5. The molecule has 0 aliphatic carbocycles. The van der Waals surface area contributed by atoms with Crippen molar-refractivity contribution in [2.75, 3.05) is 5.32 Å². The van der Waals surface area contributed by atoms with Crippen molar-refractivity contribution in [3.63, 3.8) is 0 Å². The molecule has 15 heteroatoms. The molecule has 0 aliphatic heterocycles. The van der Waals surface area contributed by atoms with E-state index in [1.165, 1.54) is 23.1 Å². The second-order valence-electron chi connectivity index (χ2n) is 7.27. The molecule has 3 heterocycles. The van der Waals surface area contributed by atoms with E-state index in [1.807, 2.05) is 6.07 Å². The summed E-state index contributed by atoms with van der Waals surface area (Å²) in [7, 11) is -4.46. The van der Waals surface area contributed by atoms with Crippen molar-refractivity contribution in [3.8, 4) is 23.1 Å². The first-order chi connectivity index (χ1) is 17.1. The summed E-state index contributed by atoms with van der Waals surface area (Å²) in [5, 5.41) is 19.8. The van der Waals surface area contributed by atoms with Crippen molar-refractivity contribution in [1.29, 1.82) is 5.26 Å². The number of ether oxygens (including phenoxy) is 1. The zero-order chi connectivity index (χ0) is 26.0. The van der Waals surface area contributed by atoms with E-state index >= 15 is 0 Å². The van der Waals surface area contributed by atoms with Gasteiger partial charge in [0, 0.05) is 18.0 Å². The Morgan fingerprint density at radius 3 is 2.78 bits per heavy atom. The number of amides is 1. The predicted molar refractivity (Wildman–Crippen MR) is 119 cm³/mol. The number of fused-ring (bicyclic) bond motifs is 1. The first kappa shape index (κ1) is 24.7. The van der Waals surface area contributed by atoms with Crippen LogP contribution in [0.5, 0.6) is 5.75 Å². The van der Waals surface area contributed by atoms with Crippen LogP contribution in [0.2, 0.25) is 0 Å². The van der Waals surface area contributed by atoms with Crippen molar-refractivity contribution in [1.82, 2.24) is 24.4 Å². The Labute approximate surface area is 201 Å². The van der Waals surface area contributed by atoms with Crippen molar-refractivity contribution < 1.29 is 31.1 Å². The number of rotatable bonds is 8. The second kappa shape index (κ2) is 9.66. The van der Waals surface area contributed by atoms with Gasteiger partial charge in [0.15, 0.2) is 5.65 Å². The van der Waals surface area contributed by atoms with Gasteiger partial charge >= 0.3 is 6.61 Å². The highest BCUT2D eigenvalue weighted by Crippen LogP contribution is 2.37. The summed E-state index contributed by atoms with van der Waals surface area (Å²) in [5.74, 6) is -1.18. The van der Waals surface area contributed by atoms with Gasteiger partial charge < -0.3 is 10.1 Å². The van der Waals surface area contributed by atoms with Crippen molar-refractivity contribution in [2.45, 2.75) is 30.5 Å². The van der Waals surface area contributed by atoms with Crippen LogP contribution in [0.1, 0.15) is 17.3 Å². The molecule has 0 bridgehead atoms. The molecule has 1 unspecified atom stereocenters. The summed E-state index contributed by atoms with van der Waals surface area (Å²) < 4.78 is 71.7. The third-order valence-electron chi connectivity index (χ3n) is 4.94. The number of anilines is 1. The molecule has 11 nitrogen and oxygen atoms in total. The average molecular weight is 519 g/mol. The molecule has 1 N–H and O–H groups in total. The molecule has 0 saturated carbocycles. The van der Waals surface area contributed by atoms with Gasteiger partial charge in [0.1, 0.15) is 23.6 Å².